The van der Waals surface area contributed by atoms with Crippen molar-refractivity contribution in [3.63, 3.8) is 0 Å². The van der Waals surface area contributed by atoms with Crippen LogP contribution in [0.1, 0.15) is 52.1 Å². The molecule has 0 aromatic heterocycles. The van der Waals surface area contributed by atoms with E-state index in [1.165, 1.54) is 0 Å². The van der Waals surface area contributed by atoms with E-state index >= 15 is 0 Å². The second-order valence-corrected chi connectivity index (χ2v) is 8.09. The van der Waals surface area contributed by atoms with Gasteiger partial charge in [-0.3, -0.25) is 4.89 Å². The second-order valence-electron chi connectivity index (χ2n) is 6.96. The first-order valence-corrected chi connectivity index (χ1v) is 10.8. The van der Waals surface area contributed by atoms with E-state index in [1.54, 1.807) is 62.4 Å². The quantitative estimate of drug-likeness (QED) is 0.275. The zero-order chi connectivity index (χ0) is 24.9. The van der Waals surface area contributed by atoms with Gasteiger partial charge in [-0.15, -0.1) is 0 Å². The Hall–Kier alpha value is -3.04. The van der Waals surface area contributed by atoms with Crippen molar-refractivity contribution in [1.82, 2.24) is 0 Å². The highest BCUT2D eigenvalue weighted by atomic mass is 31.2. The Labute approximate surface area is 185 Å². The molecule has 0 fully saturated rings. The predicted octanol–water partition coefficient (Wildman–Crippen LogP) is 3.99. The number of aromatic carboxylic acids is 2. The molecule has 2 aromatic rings. The number of phosphoric acid groups is 1. The molecule has 176 valence electrons. The molecule has 32 heavy (non-hydrogen) atoms. The van der Waals surface area contributed by atoms with Crippen LogP contribution >= 0.6 is 7.82 Å². The Balaban J connectivity index is 0.000000452. The first-order valence-electron chi connectivity index (χ1n) is 9.25. The SMILES string of the molecule is CC(C)CC(=O)OOP(=O)(O)O.Cc1ccc(C(=O)O)cc1.Cc1ccc(C(=O)O)cc1. The van der Waals surface area contributed by atoms with Crippen LogP contribution in [0.2, 0.25) is 0 Å². The summed E-state index contributed by atoms with van der Waals surface area (Å²) in [5.41, 5.74) is 2.83. The summed E-state index contributed by atoms with van der Waals surface area (Å²) in [6.07, 6.45) is 0.0556. The Morgan fingerprint density at radius 2 is 1.16 bits per heavy atom. The molecule has 0 bridgehead atoms. The standard InChI is InChI=1S/2C8H8O2.C5H11O6P/c2*1-6-2-4-7(5-3-6)8(9)10;1-4(2)3-5(6)10-11-12(7,8)9/h2*2-5H,1H3,(H,9,10);4H,3H2,1-2H3,(H2,7,8,9). The highest BCUT2D eigenvalue weighted by Crippen LogP contribution is 2.36. The molecule has 11 heteroatoms. The molecule has 0 aliphatic rings. The largest absolute Gasteiger partial charge is 0.505 e. The molecule has 0 spiro atoms. The fraction of sp³-hybridized carbons (Fsp3) is 0.286. The van der Waals surface area contributed by atoms with Crippen LogP contribution in [-0.4, -0.2) is 37.9 Å². The van der Waals surface area contributed by atoms with Crippen molar-refractivity contribution in [3.8, 4) is 0 Å². The number of carbonyl (C=O) groups is 3. The third kappa shape index (κ3) is 14.9. The summed E-state index contributed by atoms with van der Waals surface area (Å²) in [7, 11) is -4.71. The highest BCUT2D eigenvalue weighted by molar-refractivity contribution is 7.46. The van der Waals surface area contributed by atoms with E-state index in [0.29, 0.717) is 11.1 Å². The first kappa shape index (κ1) is 29.0. The molecular weight excluding hydrogens is 443 g/mol. The lowest BCUT2D eigenvalue weighted by Crippen LogP contribution is -2.07. The van der Waals surface area contributed by atoms with Gasteiger partial charge in [0.1, 0.15) is 0 Å². The molecule has 10 nitrogen and oxygen atoms in total. The van der Waals surface area contributed by atoms with Gasteiger partial charge in [0.2, 0.25) is 0 Å². The van der Waals surface area contributed by atoms with Crippen molar-refractivity contribution >= 4 is 25.7 Å². The summed E-state index contributed by atoms with van der Waals surface area (Å²) in [5, 5.41) is 17.0. The Morgan fingerprint density at radius 3 is 1.41 bits per heavy atom. The molecule has 0 aliphatic heterocycles. The van der Waals surface area contributed by atoms with E-state index in [1.807, 2.05) is 13.8 Å². The Kier molecular flexibility index (Phi) is 12.8. The van der Waals surface area contributed by atoms with Crippen molar-refractivity contribution in [1.29, 1.82) is 0 Å². The van der Waals surface area contributed by atoms with Crippen molar-refractivity contribution in [2.75, 3.05) is 0 Å². The molecule has 0 saturated heterocycles. The van der Waals surface area contributed by atoms with Crippen LogP contribution in [0.15, 0.2) is 48.5 Å². The zero-order valence-corrected chi connectivity index (χ0v) is 19.0. The fourth-order valence-electron chi connectivity index (χ4n) is 1.85. The molecule has 0 saturated carbocycles. The summed E-state index contributed by atoms with van der Waals surface area (Å²) in [4.78, 5) is 51.3. The van der Waals surface area contributed by atoms with E-state index in [4.69, 9.17) is 20.0 Å². The van der Waals surface area contributed by atoms with Crippen molar-refractivity contribution in [2.24, 2.45) is 5.92 Å². The van der Waals surface area contributed by atoms with Crippen LogP contribution in [0.3, 0.4) is 0 Å². The van der Waals surface area contributed by atoms with Gasteiger partial charge in [-0.05, 0) is 44.0 Å². The minimum absolute atomic E-state index is 0.0536. The fourth-order valence-corrected chi connectivity index (χ4v) is 2.03. The molecule has 0 heterocycles. The summed E-state index contributed by atoms with van der Waals surface area (Å²) < 4.78 is 13.5. The normalized spacial score (nSPS) is 10.2. The van der Waals surface area contributed by atoms with Gasteiger partial charge in [-0.2, -0.15) is 0 Å². The van der Waals surface area contributed by atoms with Crippen LogP contribution in [0, 0.1) is 19.8 Å². The van der Waals surface area contributed by atoms with Gasteiger partial charge < -0.3 is 20.0 Å². The lowest BCUT2D eigenvalue weighted by atomic mass is 10.1. The van der Waals surface area contributed by atoms with Crippen LogP contribution in [0.5, 0.6) is 0 Å². The van der Waals surface area contributed by atoms with Gasteiger partial charge in [0.05, 0.1) is 17.5 Å². The van der Waals surface area contributed by atoms with Gasteiger partial charge in [0.25, 0.3) is 0 Å². The Morgan fingerprint density at radius 1 is 0.812 bits per heavy atom. The van der Waals surface area contributed by atoms with Gasteiger partial charge in [0.15, 0.2) is 0 Å². The van der Waals surface area contributed by atoms with Crippen LogP contribution in [0.4, 0.5) is 0 Å². The highest BCUT2D eigenvalue weighted by Gasteiger charge is 2.19. The topological polar surface area (TPSA) is 168 Å². The van der Waals surface area contributed by atoms with Crippen LogP contribution < -0.4 is 0 Å². The monoisotopic (exact) mass is 470 g/mol. The summed E-state index contributed by atoms with van der Waals surface area (Å²) in [5.74, 6) is -2.49. The van der Waals surface area contributed by atoms with Gasteiger partial charge in [-0.25, -0.2) is 18.9 Å². The molecule has 2 aromatic carbocycles. The number of hydrogen-bond acceptors (Lipinski definition) is 6. The maximum absolute atomic E-state index is 10.6. The molecular formula is C21H27O10P. The third-order valence-electron chi connectivity index (χ3n) is 3.40. The average molecular weight is 470 g/mol. The number of carbonyl (C=O) groups excluding carboxylic acids is 1. The summed E-state index contributed by atoms with van der Waals surface area (Å²) in [6.45, 7) is 7.37. The lowest BCUT2D eigenvalue weighted by molar-refractivity contribution is -0.223. The van der Waals surface area contributed by atoms with Crippen LogP contribution in [-0.2, 0) is 18.9 Å². The van der Waals surface area contributed by atoms with Gasteiger partial charge >= 0.3 is 25.7 Å². The lowest BCUT2D eigenvalue weighted by Gasteiger charge is -2.04. The minimum Gasteiger partial charge on any atom is -0.478 e. The molecule has 0 radical (unpaired) electrons. The molecule has 0 unspecified atom stereocenters. The molecule has 4 N–H and O–H groups in total. The number of aryl methyl sites for hydroxylation is 2. The van der Waals surface area contributed by atoms with E-state index in [9.17, 15) is 18.9 Å². The zero-order valence-electron chi connectivity index (χ0n) is 18.1. The number of carboxylic acid groups (broad SMARTS) is 2. The van der Waals surface area contributed by atoms with E-state index in [0.717, 1.165) is 11.1 Å². The number of rotatable bonds is 6. The number of hydrogen-bond donors (Lipinski definition) is 4. The van der Waals surface area contributed by atoms with E-state index in [-0.39, 0.29) is 12.3 Å². The molecule has 0 aliphatic carbocycles. The number of carboxylic acids is 2. The predicted molar refractivity (Wildman–Crippen MR) is 115 cm³/mol. The average Bonchev–Trinajstić information content (AvgIpc) is 2.67. The van der Waals surface area contributed by atoms with E-state index < -0.39 is 25.7 Å². The minimum atomic E-state index is -4.71. The maximum atomic E-state index is 10.6. The summed E-state index contributed by atoms with van der Waals surface area (Å²) >= 11 is 0. The van der Waals surface area contributed by atoms with Crippen molar-refractivity contribution in [2.45, 2.75) is 34.1 Å². The first-order chi connectivity index (χ1) is 14.7. The second kappa shape index (κ2) is 14.1. The van der Waals surface area contributed by atoms with Crippen molar-refractivity contribution < 1.29 is 48.5 Å². The number of benzene rings is 2. The van der Waals surface area contributed by atoms with Crippen molar-refractivity contribution in [3.05, 3.63) is 70.8 Å². The maximum Gasteiger partial charge on any atom is 0.505 e. The van der Waals surface area contributed by atoms with Gasteiger partial charge in [0, 0.05) is 0 Å². The van der Waals surface area contributed by atoms with E-state index in [2.05, 4.69) is 9.56 Å². The molecule has 0 atom stereocenters. The van der Waals surface area contributed by atoms with Gasteiger partial charge in [-0.1, -0.05) is 53.9 Å². The smallest absolute Gasteiger partial charge is 0.478 e. The molecule has 0 amide bonds. The summed E-state index contributed by atoms with van der Waals surface area (Å²) in [6, 6.07) is 13.5. The molecule has 2 rings (SSSR count). The van der Waals surface area contributed by atoms with Crippen LogP contribution in [0.25, 0.3) is 0 Å². The Bertz CT molecular complexity index is 859. The third-order valence-corrected chi connectivity index (χ3v) is 3.67.